The lowest BCUT2D eigenvalue weighted by molar-refractivity contribution is -0.235. The molecule has 0 saturated heterocycles. The number of hydrogen-bond donors (Lipinski definition) is 0. The fourth-order valence-electron chi connectivity index (χ4n) is 0.606. The number of halogens is 3. The van der Waals surface area contributed by atoms with Crippen LogP contribution in [-0.4, -0.2) is 30.3 Å². The van der Waals surface area contributed by atoms with Gasteiger partial charge < -0.3 is 4.84 Å². The van der Waals surface area contributed by atoms with Crippen LogP contribution in [0, 0.1) is 0 Å². The van der Waals surface area contributed by atoms with Crippen LogP contribution in [0.2, 0.25) is 0 Å². The highest BCUT2D eigenvalue weighted by molar-refractivity contribution is 5.75. The van der Waals surface area contributed by atoms with Crippen molar-refractivity contribution in [3.05, 3.63) is 25.3 Å². The van der Waals surface area contributed by atoms with Gasteiger partial charge >= 0.3 is 12.1 Å². The van der Waals surface area contributed by atoms with Crippen molar-refractivity contribution in [2.24, 2.45) is 0 Å². The van der Waals surface area contributed by atoms with Gasteiger partial charge in [-0.15, -0.1) is 18.2 Å². The predicted octanol–water partition coefficient (Wildman–Crippen LogP) is 1.68. The molecule has 0 aromatic heterocycles. The highest BCUT2D eigenvalue weighted by Crippen LogP contribution is 2.17. The molecule has 0 unspecified atom stereocenters. The number of hydrogen-bond acceptors (Lipinski definition) is 3. The summed E-state index contributed by atoms with van der Waals surface area (Å²) in [6.45, 7) is 6.62. The summed E-state index contributed by atoms with van der Waals surface area (Å²) in [5.74, 6) is -2.25. The molecule has 0 bridgehead atoms. The van der Waals surface area contributed by atoms with Gasteiger partial charge in [0.15, 0.2) is 0 Å². The zero-order chi connectivity index (χ0) is 11.2. The van der Waals surface area contributed by atoms with E-state index in [0.717, 1.165) is 5.06 Å². The maximum Gasteiger partial charge on any atom is 0.492 e. The van der Waals surface area contributed by atoms with Gasteiger partial charge in [-0.3, -0.25) is 0 Å². The Morgan fingerprint density at radius 2 is 1.71 bits per heavy atom. The van der Waals surface area contributed by atoms with Gasteiger partial charge in [-0.2, -0.15) is 13.2 Å². The largest absolute Gasteiger partial charge is 0.492 e. The van der Waals surface area contributed by atoms with Crippen molar-refractivity contribution in [2.75, 3.05) is 13.1 Å². The van der Waals surface area contributed by atoms with Crippen molar-refractivity contribution in [3.63, 3.8) is 0 Å². The maximum absolute atomic E-state index is 11.7. The highest BCUT2D eigenvalue weighted by Gasteiger charge is 2.42. The molecule has 3 nitrogen and oxygen atoms in total. The number of rotatable bonds is 5. The second kappa shape index (κ2) is 5.43. The van der Waals surface area contributed by atoms with Crippen LogP contribution < -0.4 is 0 Å². The lowest BCUT2D eigenvalue weighted by Gasteiger charge is -2.18. The van der Waals surface area contributed by atoms with Crippen molar-refractivity contribution >= 4 is 5.97 Å². The molecule has 80 valence electrons. The van der Waals surface area contributed by atoms with Gasteiger partial charge in [0.25, 0.3) is 0 Å². The third-order valence-electron chi connectivity index (χ3n) is 1.11. The number of hydroxylamine groups is 2. The van der Waals surface area contributed by atoms with Gasteiger partial charge in [0.2, 0.25) is 0 Å². The topological polar surface area (TPSA) is 29.5 Å². The second-order valence-corrected chi connectivity index (χ2v) is 2.30. The third kappa shape index (κ3) is 4.66. The summed E-state index contributed by atoms with van der Waals surface area (Å²) < 4.78 is 35.2. The Hall–Kier alpha value is -1.30. The van der Waals surface area contributed by atoms with E-state index in [0.29, 0.717) is 0 Å². The van der Waals surface area contributed by atoms with Crippen LogP contribution in [0.5, 0.6) is 0 Å². The molecule has 6 heteroatoms. The summed E-state index contributed by atoms with van der Waals surface area (Å²) in [4.78, 5) is 14.4. The van der Waals surface area contributed by atoms with Gasteiger partial charge in [0.1, 0.15) is 0 Å². The van der Waals surface area contributed by atoms with Crippen molar-refractivity contribution in [2.45, 2.75) is 6.18 Å². The average molecular weight is 209 g/mol. The molecule has 0 radical (unpaired) electrons. The highest BCUT2D eigenvalue weighted by atomic mass is 19.4. The van der Waals surface area contributed by atoms with Crippen molar-refractivity contribution in [1.82, 2.24) is 5.06 Å². The van der Waals surface area contributed by atoms with Crippen LogP contribution in [-0.2, 0) is 9.63 Å². The summed E-state index contributed by atoms with van der Waals surface area (Å²) in [5.41, 5.74) is 0. The minimum atomic E-state index is -4.99. The Bertz CT molecular complexity index is 215. The van der Waals surface area contributed by atoms with E-state index in [2.05, 4.69) is 18.0 Å². The van der Waals surface area contributed by atoms with Gasteiger partial charge in [-0.1, -0.05) is 12.2 Å². The average Bonchev–Trinajstić information content (AvgIpc) is 2.03. The first-order valence-electron chi connectivity index (χ1n) is 3.67. The molecular formula is C8H10F3NO2. The summed E-state index contributed by atoms with van der Waals surface area (Å²) in [7, 11) is 0. The summed E-state index contributed by atoms with van der Waals surface area (Å²) in [6.07, 6.45) is -2.36. The second-order valence-electron chi connectivity index (χ2n) is 2.30. The fraction of sp³-hybridized carbons (Fsp3) is 0.375. The first-order chi connectivity index (χ1) is 6.41. The molecule has 0 aliphatic carbocycles. The van der Waals surface area contributed by atoms with Crippen LogP contribution in [0.15, 0.2) is 25.3 Å². The van der Waals surface area contributed by atoms with Gasteiger partial charge in [0.05, 0.1) is 13.1 Å². The normalized spacial score (nSPS) is 11.1. The van der Waals surface area contributed by atoms with Gasteiger partial charge in [-0.25, -0.2) is 4.79 Å². The van der Waals surface area contributed by atoms with E-state index in [1.54, 1.807) is 0 Å². The number of carbonyl (C=O) groups is 1. The number of carbonyl (C=O) groups excluding carboxylic acids is 1. The van der Waals surface area contributed by atoms with Crippen LogP contribution in [0.25, 0.3) is 0 Å². The molecule has 0 aromatic carbocycles. The van der Waals surface area contributed by atoms with E-state index in [4.69, 9.17) is 0 Å². The smallest absolute Gasteiger partial charge is 0.360 e. The molecule has 0 amide bonds. The zero-order valence-corrected chi connectivity index (χ0v) is 7.38. The number of nitrogens with zero attached hydrogens (tertiary/aromatic N) is 1. The van der Waals surface area contributed by atoms with E-state index in [1.165, 1.54) is 12.2 Å². The van der Waals surface area contributed by atoms with E-state index in [1.807, 2.05) is 0 Å². The zero-order valence-electron chi connectivity index (χ0n) is 7.38. The monoisotopic (exact) mass is 209 g/mol. The molecule has 0 fully saturated rings. The van der Waals surface area contributed by atoms with Crippen molar-refractivity contribution in [3.8, 4) is 0 Å². The minimum absolute atomic E-state index is 0.00778. The van der Waals surface area contributed by atoms with E-state index < -0.39 is 12.1 Å². The molecule has 14 heavy (non-hydrogen) atoms. The summed E-state index contributed by atoms with van der Waals surface area (Å²) >= 11 is 0. The molecule has 0 heterocycles. The van der Waals surface area contributed by atoms with Gasteiger partial charge in [-0.05, 0) is 0 Å². The molecule has 0 aliphatic heterocycles. The number of alkyl halides is 3. The van der Waals surface area contributed by atoms with E-state index in [9.17, 15) is 18.0 Å². The lowest BCUT2D eigenvalue weighted by Crippen LogP contribution is -2.35. The van der Waals surface area contributed by atoms with Crippen LogP contribution in [0.1, 0.15) is 0 Å². The van der Waals surface area contributed by atoms with Gasteiger partial charge in [0, 0.05) is 0 Å². The SMILES string of the molecule is C=CCN(CC=C)OC(=O)C(F)(F)F. The Morgan fingerprint density at radius 3 is 2.00 bits per heavy atom. The van der Waals surface area contributed by atoms with Crippen LogP contribution >= 0.6 is 0 Å². The molecule has 0 spiro atoms. The fourth-order valence-corrected chi connectivity index (χ4v) is 0.606. The lowest BCUT2D eigenvalue weighted by atomic mass is 10.5. The summed E-state index contributed by atoms with van der Waals surface area (Å²) in [5, 5.41) is 0.801. The van der Waals surface area contributed by atoms with Crippen molar-refractivity contribution < 1.29 is 22.8 Å². The van der Waals surface area contributed by atoms with E-state index >= 15 is 0 Å². The molecule has 0 saturated carbocycles. The molecule has 0 rings (SSSR count). The Balaban J connectivity index is 4.21. The maximum atomic E-state index is 11.7. The quantitative estimate of drug-likeness (QED) is 0.509. The first-order valence-corrected chi connectivity index (χ1v) is 3.67. The third-order valence-corrected chi connectivity index (χ3v) is 1.11. The minimum Gasteiger partial charge on any atom is -0.360 e. The van der Waals surface area contributed by atoms with Crippen molar-refractivity contribution in [1.29, 1.82) is 0 Å². The predicted molar refractivity (Wildman–Crippen MR) is 44.1 cm³/mol. The standard InChI is InChI=1S/C8H10F3NO2/c1-3-5-12(6-4-2)14-7(13)8(9,10)11/h3-4H,1-2,5-6H2. The van der Waals surface area contributed by atoms with E-state index in [-0.39, 0.29) is 13.1 Å². The molecule has 0 N–H and O–H groups in total. The first kappa shape index (κ1) is 12.7. The van der Waals surface area contributed by atoms with Crippen LogP contribution in [0.4, 0.5) is 13.2 Å². The molecule has 0 atom stereocenters. The Labute approximate surface area is 79.4 Å². The molecular weight excluding hydrogens is 199 g/mol. The summed E-state index contributed by atoms with van der Waals surface area (Å²) in [6, 6.07) is 0. The Morgan fingerprint density at radius 1 is 1.29 bits per heavy atom. The molecule has 0 aromatic rings. The van der Waals surface area contributed by atoms with Crippen LogP contribution in [0.3, 0.4) is 0 Å². The Kier molecular flexibility index (Phi) is 4.93. The molecule has 0 aliphatic rings.